The third-order valence-corrected chi connectivity index (χ3v) is 3.89. The van der Waals surface area contributed by atoms with Gasteiger partial charge in [-0.05, 0) is 45.1 Å². The molecule has 1 saturated carbocycles. The van der Waals surface area contributed by atoms with Gasteiger partial charge in [0, 0.05) is 25.2 Å². The molecule has 14 heavy (non-hydrogen) atoms. The van der Waals surface area contributed by atoms with E-state index >= 15 is 0 Å². The summed E-state index contributed by atoms with van der Waals surface area (Å²) in [5, 5.41) is 3.64. The Bertz CT molecular complexity index is 206. The van der Waals surface area contributed by atoms with Crippen LogP contribution in [0.3, 0.4) is 0 Å². The topological polar surface area (TPSA) is 15.3 Å². The van der Waals surface area contributed by atoms with E-state index in [-0.39, 0.29) is 0 Å². The zero-order chi connectivity index (χ0) is 10.2. The van der Waals surface area contributed by atoms with Crippen molar-refractivity contribution >= 4 is 0 Å². The molecule has 1 aliphatic carbocycles. The Hall–Kier alpha value is -0.0800. The average molecular weight is 196 g/mol. The zero-order valence-electron chi connectivity index (χ0n) is 9.90. The molecule has 1 N–H and O–H groups in total. The lowest BCUT2D eigenvalue weighted by molar-refractivity contribution is 0.116. The number of nitrogens with one attached hydrogen (secondary N) is 1. The second-order valence-corrected chi connectivity index (χ2v) is 5.84. The lowest BCUT2D eigenvalue weighted by Gasteiger charge is -2.37. The zero-order valence-corrected chi connectivity index (χ0v) is 9.90. The standard InChI is InChI=1S/C12H24N2/c1-4-7-14-10-12(5-6-12)9-13-8-11(14,2)3/h13H,4-10H2,1-3H3. The minimum Gasteiger partial charge on any atom is -0.314 e. The van der Waals surface area contributed by atoms with Gasteiger partial charge < -0.3 is 5.32 Å². The van der Waals surface area contributed by atoms with Crippen LogP contribution in [0, 0.1) is 5.41 Å². The first-order chi connectivity index (χ1) is 6.58. The van der Waals surface area contributed by atoms with E-state index in [1.807, 2.05) is 0 Å². The minimum atomic E-state index is 0.349. The number of hydrogen-bond donors (Lipinski definition) is 1. The van der Waals surface area contributed by atoms with E-state index in [4.69, 9.17) is 0 Å². The van der Waals surface area contributed by atoms with Crippen molar-refractivity contribution in [3.63, 3.8) is 0 Å². The van der Waals surface area contributed by atoms with Crippen LogP contribution in [0.4, 0.5) is 0 Å². The third kappa shape index (κ3) is 1.96. The minimum absolute atomic E-state index is 0.349. The van der Waals surface area contributed by atoms with Crippen molar-refractivity contribution in [3.8, 4) is 0 Å². The predicted octanol–water partition coefficient (Wildman–Crippen LogP) is 1.86. The van der Waals surface area contributed by atoms with Crippen molar-refractivity contribution in [2.75, 3.05) is 26.2 Å². The molecule has 0 aromatic heterocycles. The van der Waals surface area contributed by atoms with Gasteiger partial charge in [0.25, 0.3) is 0 Å². The van der Waals surface area contributed by atoms with E-state index in [1.165, 1.54) is 38.9 Å². The first-order valence-electron chi connectivity index (χ1n) is 6.04. The Kier molecular flexibility index (Phi) is 2.61. The molecule has 1 heterocycles. The summed E-state index contributed by atoms with van der Waals surface area (Å²) in [7, 11) is 0. The monoisotopic (exact) mass is 196 g/mol. The fraction of sp³-hybridized carbons (Fsp3) is 1.00. The molecule has 0 amide bonds. The van der Waals surface area contributed by atoms with Crippen molar-refractivity contribution in [2.45, 2.75) is 45.6 Å². The van der Waals surface area contributed by atoms with Crippen LogP contribution in [0.5, 0.6) is 0 Å². The maximum atomic E-state index is 3.64. The lowest BCUT2D eigenvalue weighted by atomic mass is 10.0. The van der Waals surface area contributed by atoms with Crippen LogP contribution in [0.25, 0.3) is 0 Å². The summed E-state index contributed by atoms with van der Waals surface area (Å²) in [5.74, 6) is 0. The van der Waals surface area contributed by atoms with Gasteiger partial charge >= 0.3 is 0 Å². The summed E-state index contributed by atoms with van der Waals surface area (Å²) in [6.45, 7) is 12.0. The fourth-order valence-corrected chi connectivity index (χ4v) is 2.58. The van der Waals surface area contributed by atoms with Crippen molar-refractivity contribution in [1.29, 1.82) is 0 Å². The van der Waals surface area contributed by atoms with Gasteiger partial charge in [0.15, 0.2) is 0 Å². The van der Waals surface area contributed by atoms with Crippen molar-refractivity contribution < 1.29 is 0 Å². The van der Waals surface area contributed by atoms with Crippen LogP contribution in [-0.4, -0.2) is 36.6 Å². The molecular formula is C12H24N2. The molecule has 0 aromatic carbocycles. The summed E-state index contributed by atoms with van der Waals surface area (Å²) in [4.78, 5) is 2.69. The SMILES string of the molecule is CCCN1CC2(CC2)CNCC1(C)C. The molecule has 82 valence electrons. The Labute approximate surface area is 88.1 Å². The Morgan fingerprint density at radius 1 is 1.21 bits per heavy atom. The molecule has 2 fully saturated rings. The first-order valence-corrected chi connectivity index (χ1v) is 6.04. The molecule has 0 atom stereocenters. The van der Waals surface area contributed by atoms with E-state index in [1.54, 1.807) is 0 Å². The molecule has 2 rings (SSSR count). The number of hydrogen-bond acceptors (Lipinski definition) is 2. The molecular weight excluding hydrogens is 172 g/mol. The summed E-state index contributed by atoms with van der Waals surface area (Å²) in [5.41, 5.74) is 1.00. The average Bonchev–Trinajstić information content (AvgIpc) is 2.85. The number of rotatable bonds is 2. The highest BCUT2D eigenvalue weighted by Crippen LogP contribution is 2.47. The van der Waals surface area contributed by atoms with Crippen molar-refractivity contribution in [2.24, 2.45) is 5.41 Å². The fourth-order valence-electron chi connectivity index (χ4n) is 2.58. The third-order valence-electron chi connectivity index (χ3n) is 3.89. The quantitative estimate of drug-likeness (QED) is 0.725. The summed E-state index contributed by atoms with van der Waals surface area (Å²) >= 11 is 0. The highest BCUT2D eigenvalue weighted by molar-refractivity contribution is 5.02. The van der Waals surface area contributed by atoms with Crippen LogP contribution >= 0.6 is 0 Å². The molecule has 2 nitrogen and oxygen atoms in total. The van der Waals surface area contributed by atoms with Gasteiger partial charge in [-0.25, -0.2) is 0 Å². The number of nitrogens with zero attached hydrogens (tertiary/aromatic N) is 1. The van der Waals surface area contributed by atoms with Gasteiger partial charge in [-0.15, -0.1) is 0 Å². The van der Waals surface area contributed by atoms with Gasteiger partial charge in [-0.1, -0.05) is 6.92 Å². The molecule has 1 aliphatic heterocycles. The Morgan fingerprint density at radius 3 is 2.50 bits per heavy atom. The van der Waals surface area contributed by atoms with Gasteiger partial charge in [-0.2, -0.15) is 0 Å². The summed E-state index contributed by atoms with van der Waals surface area (Å²) in [6, 6.07) is 0. The molecule has 0 unspecified atom stereocenters. The van der Waals surface area contributed by atoms with Gasteiger partial charge in [0.1, 0.15) is 0 Å². The molecule has 1 saturated heterocycles. The van der Waals surface area contributed by atoms with E-state index in [9.17, 15) is 0 Å². The van der Waals surface area contributed by atoms with E-state index in [2.05, 4.69) is 31.0 Å². The van der Waals surface area contributed by atoms with Crippen LogP contribution in [0.2, 0.25) is 0 Å². The molecule has 0 radical (unpaired) electrons. The smallest absolute Gasteiger partial charge is 0.0277 e. The van der Waals surface area contributed by atoms with E-state index < -0.39 is 0 Å². The molecule has 1 spiro atoms. The summed E-state index contributed by atoms with van der Waals surface area (Å²) in [6.07, 6.45) is 4.16. The Morgan fingerprint density at radius 2 is 1.93 bits per heavy atom. The summed E-state index contributed by atoms with van der Waals surface area (Å²) < 4.78 is 0. The van der Waals surface area contributed by atoms with Crippen molar-refractivity contribution in [3.05, 3.63) is 0 Å². The normalized spacial score (nSPS) is 30.2. The van der Waals surface area contributed by atoms with Gasteiger partial charge in [0.2, 0.25) is 0 Å². The van der Waals surface area contributed by atoms with Gasteiger partial charge in [0.05, 0.1) is 0 Å². The van der Waals surface area contributed by atoms with Crippen molar-refractivity contribution in [1.82, 2.24) is 10.2 Å². The second kappa shape index (κ2) is 3.49. The van der Waals surface area contributed by atoms with Crippen LogP contribution in [0.15, 0.2) is 0 Å². The predicted molar refractivity (Wildman–Crippen MR) is 60.5 cm³/mol. The molecule has 0 bridgehead atoms. The van der Waals surface area contributed by atoms with Crippen LogP contribution in [0.1, 0.15) is 40.0 Å². The van der Waals surface area contributed by atoms with Crippen LogP contribution < -0.4 is 5.32 Å². The maximum Gasteiger partial charge on any atom is 0.0277 e. The molecule has 2 heteroatoms. The highest BCUT2D eigenvalue weighted by atomic mass is 15.2. The van der Waals surface area contributed by atoms with E-state index in [0.29, 0.717) is 11.0 Å². The Balaban J connectivity index is 2.06. The highest BCUT2D eigenvalue weighted by Gasteiger charge is 2.47. The molecule has 0 aromatic rings. The second-order valence-electron chi connectivity index (χ2n) is 5.84. The molecule has 2 aliphatic rings. The van der Waals surface area contributed by atoms with Gasteiger partial charge in [-0.3, -0.25) is 4.90 Å². The van der Waals surface area contributed by atoms with Crippen LogP contribution in [-0.2, 0) is 0 Å². The lowest BCUT2D eigenvalue weighted by Crippen LogP contribution is -2.49. The van der Waals surface area contributed by atoms with E-state index in [0.717, 1.165) is 6.54 Å². The largest absolute Gasteiger partial charge is 0.314 e. The maximum absolute atomic E-state index is 3.64. The first kappa shape index (κ1) is 10.4.